The number of amides is 1. The number of hydrogen-bond acceptors (Lipinski definition) is 2. The number of imidazole rings is 1. The van der Waals surface area contributed by atoms with E-state index < -0.39 is 0 Å². The van der Waals surface area contributed by atoms with Gasteiger partial charge in [0.25, 0.3) is 0 Å². The van der Waals surface area contributed by atoms with Gasteiger partial charge in [-0.1, -0.05) is 38.1 Å². The summed E-state index contributed by atoms with van der Waals surface area (Å²) in [5, 5.41) is 0. The van der Waals surface area contributed by atoms with Gasteiger partial charge < -0.3 is 9.47 Å². The minimum Gasteiger partial charge on any atom is -0.333 e. The number of aromatic nitrogens is 2. The van der Waals surface area contributed by atoms with E-state index in [1.165, 1.54) is 5.56 Å². The second kappa shape index (κ2) is 6.57. The van der Waals surface area contributed by atoms with Crippen LogP contribution in [0.1, 0.15) is 43.6 Å². The highest BCUT2D eigenvalue weighted by Gasteiger charge is 2.25. The van der Waals surface area contributed by atoms with E-state index in [0.717, 1.165) is 30.9 Å². The summed E-state index contributed by atoms with van der Waals surface area (Å²) in [7, 11) is 0. The Balaban J connectivity index is 1.68. The molecular formula is C19H25N3O. The van der Waals surface area contributed by atoms with Crippen molar-refractivity contribution < 1.29 is 4.79 Å². The number of nitrogens with zero attached hydrogens (tertiary/aromatic N) is 3. The highest BCUT2D eigenvalue weighted by Crippen LogP contribution is 2.22. The molecule has 1 amide bonds. The van der Waals surface area contributed by atoms with Gasteiger partial charge in [-0.25, -0.2) is 4.98 Å². The summed E-state index contributed by atoms with van der Waals surface area (Å²) >= 11 is 0. The van der Waals surface area contributed by atoms with Crippen LogP contribution in [0.25, 0.3) is 0 Å². The van der Waals surface area contributed by atoms with Gasteiger partial charge >= 0.3 is 0 Å². The molecule has 0 fully saturated rings. The molecule has 1 atom stereocenters. The lowest BCUT2D eigenvalue weighted by molar-refractivity contribution is -0.134. The van der Waals surface area contributed by atoms with Gasteiger partial charge in [-0.2, -0.15) is 0 Å². The zero-order valence-electron chi connectivity index (χ0n) is 14.2. The number of hydrogen-bond donors (Lipinski definition) is 0. The Hall–Kier alpha value is -2.10. The summed E-state index contributed by atoms with van der Waals surface area (Å²) in [5.74, 6) is 1.71. The summed E-state index contributed by atoms with van der Waals surface area (Å²) in [4.78, 5) is 19.0. The molecule has 0 bridgehead atoms. The van der Waals surface area contributed by atoms with Gasteiger partial charge in [0.2, 0.25) is 5.91 Å². The first-order chi connectivity index (χ1) is 11.0. The lowest BCUT2D eigenvalue weighted by Crippen LogP contribution is -2.40. The third-order valence-corrected chi connectivity index (χ3v) is 4.55. The molecule has 2 heterocycles. The van der Waals surface area contributed by atoms with Gasteiger partial charge in [-0.15, -0.1) is 0 Å². The molecule has 0 N–H and O–H groups in total. The third kappa shape index (κ3) is 3.46. The molecule has 0 radical (unpaired) electrons. The smallest absolute Gasteiger partial charge is 0.230 e. The molecule has 0 saturated carbocycles. The first-order valence-electron chi connectivity index (χ1n) is 8.42. The normalized spacial score (nSPS) is 15.6. The summed E-state index contributed by atoms with van der Waals surface area (Å²) in [6.45, 7) is 8.65. The third-order valence-electron chi connectivity index (χ3n) is 4.55. The van der Waals surface area contributed by atoms with Crippen molar-refractivity contribution in [2.75, 3.05) is 6.54 Å². The second-order valence-electron chi connectivity index (χ2n) is 6.86. The van der Waals surface area contributed by atoms with Crippen molar-refractivity contribution in [2.24, 2.45) is 5.92 Å². The van der Waals surface area contributed by atoms with E-state index in [1.807, 2.05) is 18.0 Å². The zero-order valence-corrected chi connectivity index (χ0v) is 14.2. The van der Waals surface area contributed by atoms with E-state index in [-0.39, 0.29) is 11.8 Å². The van der Waals surface area contributed by atoms with E-state index in [2.05, 4.69) is 47.7 Å². The average molecular weight is 311 g/mol. The molecule has 4 heteroatoms. The van der Waals surface area contributed by atoms with E-state index in [1.54, 1.807) is 6.20 Å². The predicted octanol–water partition coefficient (Wildman–Crippen LogP) is 3.23. The van der Waals surface area contributed by atoms with Crippen LogP contribution in [0.2, 0.25) is 0 Å². The summed E-state index contributed by atoms with van der Waals surface area (Å²) in [6.07, 6.45) is 4.87. The van der Waals surface area contributed by atoms with Crippen molar-refractivity contribution in [3.8, 4) is 0 Å². The van der Waals surface area contributed by atoms with Crippen molar-refractivity contribution in [2.45, 2.75) is 46.2 Å². The van der Waals surface area contributed by atoms with Crippen LogP contribution in [-0.4, -0.2) is 26.9 Å². The van der Waals surface area contributed by atoms with Crippen molar-refractivity contribution in [1.82, 2.24) is 14.5 Å². The first kappa shape index (κ1) is 15.8. The molecule has 0 spiro atoms. The molecule has 0 aliphatic carbocycles. The number of carbonyl (C=O) groups excluding carboxylic acids is 1. The minimum atomic E-state index is -0.107. The van der Waals surface area contributed by atoms with E-state index in [9.17, 15) is 4.79 Å². The van der Waals surface area contributed by atoms with Crippen LogP contribution < -0.4 is 0 Å². The van der Waals surface area contributed by atoms with Gasteiger partial charge in [-0.05, 0) is 30.4 Å². The maximum Gasteiger partial charge on any atom is 0.230 e. The number of fused-ring (bicyclic) bond motifs is 1. The first-order valence-corrected chi connectivity index (χ1v) is 8.42. The van der Waals surface area contributed by atoms with Crippen molar-refractivity contribution in [3.63, 3.8) is 0 Å². The molecule has 4 nitrogen and oxygen atoms in total. The SMILES string of the molecule is CC(C)Cc1ccc([C@H](C)C(=O)N2CCn3ccnc3C2)cc1. The molecule has 1 aromatic heterocycles. The number of carbonyl (C=O) groups is 1. The molecule has 1 aliphatic heterocycles. The average Bonchev–Trinajstić information content (AvgIpc) is 3.01. The summed E-state index contributed by atoms with van der Waals surface area (Å²) < 4.78 is 2.12. The highest BCUT2D eigenvalue weighted by molar-refractivity contribution is 5.83. The molecule has 3 rings (SSSR count). The van der Waals surface area contributed by atoms with Crippen molar-refractivity contribution in [3.05, 3.63) is 53.6 Å². The summed E-state index contributed by atoms with van der Waals surface area (Å²) in [6, 6.07) is 8.51. The van der Waals surface area contributed by atoms with E-state index in [0.29, 0.717) is 12.5 Å². The van der Waals surface area contributed by atoms with Crippen molar-refractivity contribution >= 4 is 5.91 Å². The molecule has 0 unspecified atom stereocenters. The minimum absolute atomic E-state index is 0.107. The van der Waals surface area contributed by atoms with Crippen LogP contribution in [-0.2, 0) is 24.3 Å². The van der Waals surface area contributed by atoms with Crippen LogP contribution >= 0.6 is 0 Å². The van der Waals surface area contributed by atoms with Crippen molar-refractivity contribution in [1.29, 1.82) is 0 Å². The van der Waals surface area contributed by atoms with Crippen LogP contribution in [0.3, 0.4) is 0 Å². The molecule has 23 heavy (non-hydrogen) atoms. The maximum absolute atomic E-state index is 12.8. The molecule has 0 saturated heterocycles. The van der Waals surface area contributed by atoms with E-state index >= 15 is 0 Å². The Kier molecular flexibility index (Phi) is 4.51. The van der Waals surface area contributed by atoms with Crippen LogP contribution in [0.5, 0.6) is 0 Å². The predicted molar refractivity (Wildman–Crippen MR) is 91.0 cm³/mol. The van der Waals surface area contributed by atoms with Gasteiger partial charge in [-0.3, -0.25) is 4.79 Å². The van der Waals surface area contributed by atoms with Gasteiger partial charge in [0.05, 0.1) is 12.5 Å². The lowest BCUT2D eigenvalue weighted by atomic mass is 9.96. The Morgan fingerprint density at radius 2 is 1.91 bits per heavy atom. The van der Waals surface area contributed by atoms with Gasteiger partial charge in [0, 0.05) is 25.5 Å². The quantitative estimate of drug-likeness (QED) is 0.869. The molecule has 1 aliphatic rings. The Bertz CT molecular complexity index is 672. The standard InChI is InChI=1S/C19H25N3O/c1-14(2)12-16-4-6-17(7-5-16)15(3)19(23)22-11-10-21-9-8-20-18(21)13-22/h4-9,14-15H,10-13H2,1-3H3/t15-/m0/s1. The lowest BCUT2D eigenvalue weighted by Gasteiger charge is -2.30. The van der Waals surface area contributed by atoms with Crippen LogP contribution in [0.15, 0.2) is 36.7 Å². The Morgan fingerprint density at radius 3 is 2.61 bits per heavy atom. The molecule has 1 aromatic carbocycles. The zero-order chi connectivity index (χ0) is 16.4. The Morgan fingerprint density at radius 1 is 1.17 bits per heavy atom. The monoisotopic (exact) mass is 311 g/mol. The second-order valence-corrected chi connectivity index (χ2v) is 6.86. The fourth-order valence-electron chi connectivity index (χ4n) is 3.19. The van der Waals surface area contributed by atoms with Crippen LogP contribution in [0.4, 0.5) is 0 Å². The summed E-state index contributed by atoms with van der Waals surface area (Å²) in [5.41, 5.74) is 2.43. The van der Waals surface area contributed by atoms with E-state index in [4.69, 9.17) is 0 Å². The van der Waals surface area contributed by atoms with Crippen LogP contribution in [0, 0.1) is 5.92 Å². The van der Waals surface area contributed by atoms with Gasteiger partial charge in [0.1, 0.15) is 5.82 Å². The Labute approximate surface area is 138 Å². The fraction of sp³-hybridized carbons (Fsp3) is 0.474. The molecule has 2 aromatic rings. The highest BCUT2D eigenvalue weighted by atomic mass is 16.2. The number of benzene rings is 1. The molecular weight excluding hydrogens is 286 g/mol. The van der Waals surface area contributed by atoms with Gasteiger partial charge in [0.15, 0.2) is 0 Å². The molecule has 122 valence electrons. The topological polar surface area (TPSA) is 38.1 Å². The number of rotatable bonds is 4. The largest absolute Gasteiger partial charge is 0.333 e. The maximum atomic E-state index is 12.8. The fourth-order valence-corrected chi connectivity index (χ4v) is 3.19.